The second kappa shape index (κ2) is 7.97. The third-order valence-corrected chi connectivity index (χ3v) is 3.89. The second-order valence-electron chi connectivity index (χ2n) is 6.37. The molecule has 0 aliphatic carbocycles. The molecule has 6 heteroatoms. The van der Waals surface area contributed by atoms with E-state index in [0.29, 0.717) is 18.0 Å². The fraction of sp³-hybridized carbons (Fsp3) is 0.444. The first-order chi connectivity index (χ1) is 11.4. The van der Waals surface area contributed by atoms with Crippen LogP contribution in [-0.4, -0.2) is 41.0 Å². The fourth-order valence-corrected chi connectivity index (χ4v) is 2.48. The molecule has 24 heavy (non-hydrogen) atoms. The molecule has 130 valence electrons. The number of nitrogens with one attached hydrogen (secondary N) is 1. The van der Waals surface area contributed by atoms with Crippen LogP contribution >= 0.6 is 0 Å². The topological polar surface area (TPSA) is 70.4 Å². The number of rotatable bonds is 7. The minimum Gasteiger partial charge on any atom is -0.395 e. The molecule has 0 unspecified atom stereocenters. The predicted octanol–water partition coefficient (Wildman–Crippen LogP) is 2.53. The monoisotopic (exact) mass is 330 g/mol. The molecule has 0 saturated carbocycles. The van der Waals surface area contributed by atoms with Crippen LogP contribution in [0.3, 0.4) is 0 Å². The van der Waals surface area contributed by atoms with Crippen LogP contribution in [0.25, 0.3) is 0 Å². The summed E-state index contributed by atoms with van der Waals surface area (Å²) in [5.41, 5.74) is 3.19. The van der Waals surface area contributed by atoms with Gasteiger partial charge in [-0.25, -0.2) is 0 Å². The highest BCUT2D eigenvalue weighted by Crippen LogP contribution is 2.18. The first-order valence-electron chi connectivity index (χ1n) is 8.18. The average molecular weight is 330 g/mol. The molecule has 2 aromatic rings. The molecule has 0 bridgehead atoms. The minimum absolute atomic E-state index is 0.106. The number of hydrogen-bond acceptors (Lipinski definition) is 4. The highest BCUT2D eigenvalue weighted by atomic mass is 16.3. The Balaban J connectivity index is 2.06. The van der Waals surface area contributed by atoms with E-state index in [9.17, 15) is 4.79 Å². The van der Waals surface area contributed by atoms with Crippen LogP contribution in [-0.2, 0) is 6.54 Å². The Bertz CT molecular complexity index is 677. The average Bonchev–Trinajstić information content (AvgIpc) is 2.88. The second-order valence-corrected chi connectivity index (χ2v) is 6.37. The Morgan fingerprint density at radius 1 is 1.33 bits per heavy atom. The van der Waals surface area contributed by atoms with Gasteiger partial charge in [-0.05, 0) is 37.1 Å². The van der Waals surface area contributed by atoms with Crippen LogP contribution in [0, 0.1) is 12.8 Å². The molecule has 0 aliphatic heterocycles. The lowest BCUT2D eigenvalue weighted by atomic mass is 10.2. The summed E-state index contributed by atoms with van der Waals surface area (Å²) >= 11 is 0. The number of benzene rings is 1. The van der Waals surface area contributed by atoms with Gasteiger partial charge in [0.15, 0.2) is 0 Å². The zero-order valence-electron chi connectivity index (χ0n) is 14.8. The summed E-state index contributed by atoms with van der Waals surface area (Å²) in [6.45, 7) is 7.63. The highest BCUT2D eigenvalue weighted by molar-refractivity contribution is 6.04. The maximum absolute atomic E-state index is 12.4. The smallest absolute Gasteiger partial charge is 0.259 e. The van der Waals surface area contributed by atoms with E-state index in [1.807, 2.05) is 47.8 Å². The van der Waals surface area contributed by atoms with E-state index < -0.39 is 0 Å². The molecule has 0 fully saturated rings. The van der Waals surface area contributed by atoms with Crippen LogP contribution < -0.4 is 10.2 Å². The van der Waals surface area contributed by atoms with Gasteiger partial charge in [0.25, 0.3) is 5.91 Å². The third-order valence-electron chi connectivity index (χ3n) is 3.89. The summed E-state index contributed by atoms with van der Waals surface area (Å²) in [5, 5.41) is 16.2. The van der Waals surface area contributed by atoms with E-state index >= 15 is 0 Å². The Hall–Kier alpha value is -2.34. The summed E-state index contributed by atoms with van der Waals surface area (Å²) in [7, 11) is 1.91. The molecular weight excluding hydrogens is 304 g/mol. The number of aliphatic hydroxyl groups excluding tert-OH is 1. The van der Waals surface area contributed by atoms with Crippen molar-refractivity contribution in [2.45, 2.75) is 27.3 Å². The van der Waals surface area contributed by atoms with Crippen molar-refractivity contribution in [2.24, 2.45) is 5.92 Å². The lowest BCUT2D eigenvalue weighted by Crippen LogP contribution is -2.21. The molecule has 1 aromatic carbocycles. The van der Waals surface area contributed by atoms with Gasteiger partial charge in [-0.15, -0.1) is 0 Å². The number of nitrogens with zero attached hydrogens (tertiary/aromatic N) is 3. The molecule has 0 radical (unpaired) electrons. The molecular formula is C18H26N4O2. The van der Waals surface area contributed by atoms with Gasteiger partial charge in [0.1, 0.15) is 0 Å². The first kappa shape index (κ1) is 18.0. The van der Waals surface area contributed by atoms with E-state index in [4.69, 9.17) is 5.11 Å². The van der Waals surface area contributed by atoms with Crippen molar-refractivity contribution in [3.8, 4) is 0 Å². The van der Waals surface area contributed by atoms with Gasteiger partial charge in [-0.3, -0.25) is 9.48 Å². The summed E-state index contributed by atoms with van der Waals surface area (Å²) in [4.78, 5) is 14.4. The number of carbonyl (C=O) groups is 1. The normalized spacial score (nSPS) is 10.9. The van der Waals surface area contributed by atoms with Crippen molar-refractivity contribution in [1.29, 1.82) is 0 Å². The Kier molecular flexibility index (Phi) is 5.98. The quantitative estimate of drug-likeness (QED) is 0.818. The standard InChI is InChI=1S/C18H26N4O2/c1-13(2)12-22-14(3)17(11-19-22)18(24)20-15-5-7-16(8-6-15)21(4)9-10-23/h5-8,11,13,23H,9-10,12H2,1-4H3,(H,20,24). The van der Waals surface area contributed by atoms with Crippen LogP contribution in [0.2, 0.25) is 0 Å². The lowest BCUT2D eigenvalue weighted by molar-refractivity contribution is 0.102. The van der Waals surface area contributed by atoms with Gasteiger partial charge in [-0.2, -0.15) is 5.10 Å². The van der Waals surface area contributed by atoms with Crippen molar-refractivity contribution in [1.82, 2.24) is 9.78 Å². The fourth-order valence-electron chi connectivity index (χ4n) is 2.48. The van der Waals surface area contributed by atoms with E-state index in [0.717, 1.165) is 23.6 Å². The highest BCUT2D eigenvalue weighted by Gasteiger charge is 2.15. The maximum atomic E-state index is 12.4. The third kappa shape index (κ3) is 4.35. The van der Waals surface area contributed by atoms with Gasteiger partial charge in [-0.1, -0.05) is 13.8 Å². The van der Waals surface area contributed by atoms with Gasteiger partial charge in [0.05, 0.1) is 18.4 Å². The zero-order chi connectivity index (χ0) is 17.7. The zero-order valence-corrected chi connectivity index (χ0v) is 14.8. The van der Waals surface area contributed by atoms with Crippen LogP contribution in [0.15, 0.2) is 30.5 Å². The summed E-state index contributed by atoms with van der Waals surface area (Å²) < 4.78 is 1.87. The van der Waals surface area contributed by atoms with Crippen LogP contribution in [0.5, 0.6) is 0 Å². The number of carbonyl (C=O) groups excluding carboxylic acids is 1. The number of aromatic nitrogens is 2. The van der Waals surface area contributed by atoms with Gasteiger partial charge in [0.2, 0.25) is 0 Å². The van der Waals surface area contributed by atoms with Crippen LogP contribution in [0.1, 0.15) is 29.9 Å². The van der Waals surface area contributed by atoms with Gasteiger partial charge >= 0.3 is 0 Å². The summed E-state index contributed by atoms with van der Waals surface area (Å²) in [6, 6.07) is 7.55. The maximum Gasteiger partial charge on any atom is 0.259 e. The Labute approximate surface area is 143 Å². The van der Waals surface area contributed by atoms with Crippen molar-refractivity contribution < 1.29 is 9.90 Å². The minimum atomic E-state index is -0.154. The van der Waals surface area contributed by atoms with Crippen molar-refractivity contribution in [3.63, 3.8) is 0 Å². The molecule has 1 heterocycles. The van der Waals surface area contributed by atoms with Gasteiger partial charge < -0.3 is 15.3 Å². The molecule has 2 N–H and O–H groups in total. The van der Waals surface area contributed by atoms with Crippen molar-refractivity contribution >= 4 is 17.3 Å². The van der Waals surface area contributed by atoms with E-state index in [1.165, 1.54) is 0 Å². The SMILES string of the molecule is Cc1c(C(=O)Nc2ccc(N(C)CCO)cc2)cnn1CC(C)C. The lowest BCUT2D eigenvalue weighted by Gasteiger charge is -2.18. The Morgan fingerprint density at radius 2 is 2.00 bits per heavy atom. The molecule has 0 saturated heterocycles. The first-order valence-corrected chi connectivity index (χ1v) is 8.18. The number of likely N-dealkylation sites (N-methyl/N-ethyl adjacent to an activating group) is 1. The predicted molar refractivity (Wildman–Crippen MR) is 96.6 cm³/mol. The number of hydrogen-bond donors (Lipinski definition) is 2. The molecule has 1 aromatic heterocycles. The summed E-state index contributed by atoms with van der Waals surface area (Å²) in [6.07, 6.45) is 1.62. The largest absolute Gasteiger partial charge is 0.395 e. The summed E-state index contributed by atoms with van der Waals surface area (Å²) in [5.74, 6) is 0.321. The van der Waals surface area contributed by atoms with Crippen LogP contribution in [0.4, 0.5) is 11.4 Å². The number of anilines is 2. The van der Waals surface area contributed by atoms with Crippen molar-refractivity contribution in [2.75, 3.05) is 30.4 Å². The van der Waals surface area contributed by atoms with Gasteiger partial charge in [0, 0.05) is 37.2 Å². The van der Waals surface area contributed by atoms with Crippen molar-refractivity contribution in [3.05, 3.63) is 41.7 Å². The molecule has 1 amide bonds. The molecule has 0 atom stereocenters. The molecule has 0 spiro atoms. The molecule has 0 aliphatic rings. The van der Waals surface area contributed by atoms with E-state index in [-0.39, 0.29) is 12.5 Å². The van der Waals surface area contributed by atoms with E-state index in [1.54, 1.807) is 6.20 Å². The molecule has 2 rings (SSSR count). The van der Waals surface area contributed by atoms with E-state index in [2.05, 4.69) is 24.3 Å². The Morgan fingerprint density at radius 3 is 2.58 bits per heavy atom. The number of amides is 1. The number of aliphatic hydroxyl groups is 1. The molecule has 6 nitrogen and oxygen atoms in total.